The summed E-state index contributed by atoms with van der Waals surface area (Å²) in [6, 6.07) is 13.9. The highest BCUT2D eigenvalue weighted by molar-refractivity contribution is 7.23. The average molecular weight is 451 g/mol. The molecule has 9 heteroatoms. The second-order valence-corrected chi connectivity index (χ2v) is 8.98. The Morgan fingerprint density at radius 2 is 1.90 bits per heavy atom. The molecule has 0 bridgehead atoms. The van der Waals surface area contributed by atoms with Gasteiger partial charge in [-0.1, -0.05) is 41.7 Å². The number of anilines is 1. The van der Waals surface area contributed by atoms with E-state index in [1.807, 2.05) is 24.3 Å². The first kappa shape index (κ1) is 19.5. The van der Waals surface area contributed by atoms with Gasteiger partial charge in [0.2, 0.25) is 0 Å². The van der Waals surface area contributed by atoms with Crippen molar-refractivity contribution in [2.45, 2.75) is 13.5 Å². The SMILES string of the molecule is Cc1c(C(=O)Nc2nc3ccccc3s2)sc2ncn(Cc3ccccc3F)c(=O)c12. The van der Waals surface area contributed by atoms with Crippen LogP contribution in [0.5, 0.6) is 0 Å². The van der Waals surface area contributed by atoms with Crippen LogP contribution in [0.15, 0.2) is 59.7 Å². The minimum Gasteiger partial charge on any atom is -0.297 e. The van der Waals surface area contributed by atoms with E-state index < -0.39 is 0 Å². The van der Waals surface area contributed by atoms with Crippen molar-refractivity contribution in [1.29, 1.82) is 0 Å². The Labute approximate surface area is 183 Å². The number of para-hydroxylation sites is 1. The van der Waals surface area contributed by atoms with E-state index in [-0.39, 0.29) is 23.8 Å². The third-order valence-electron chi connectivity index (χ3n) is 4.94. The van der Waals surface area contributed by atoms with Gasteiger partial charge in [-0.05, 0) is 30.7 Å². The van der Waals surface area contributed by atoms with E-state index in [1.165, 1.54) is 28.3 Å². The molecule has 1 N–H and O–H groups in total. The molecular formula is C22H15FN4O2S2. The Morgan fingerprint density at radius 1 is 1.13 bits per heavy atom. The summed E-state index contributed by atoms with van der Waals surface area (Å²) in [4.78, 5) is 35.6. The summed E-state index contributed by atoms with van der Waals surface area (Å²) >= 11 is 2.54. The maximum atomic E-state index is 14.0. The van der Waals surface area contributed by atoms with E-state index in [0.717, 1.165) is 21.6 Å². The van der Waals surface area contributed by atoms with Gasteiger partial charge >= 0.3 is 0 Å². The van der Waals surface area contributed by atoms with Crippen LogP contribution in [0.4, 0.5) is 9.52 Å². The van der Waals surface area contributed by atoms with Crippen molar-refractivity contribution in [3.8, 4) is 0 Å². The number of fused-ring (bicyclic) bond motifs is 2. The number of hydrogen-bond donors (Lipinski definition) is 1. The van der Waals surface area contributed by atoms with Crippen LogP contribution >= 0.6 is 22.7 Å². The first-order valence-corrected chi connectivity index (χ1v) is 11.0. The predicted octanol–water partition coefficient (Wildman–Crippen LogP) is 4.82. The van der Waals surface area contributed by atoms with Gasteiger partial charge in [0, 0.05) is 5.56 Å². The smallest absolute Gasteiger partial charge is 0.267 e. The molecule has 0 fully saturated rings. The summed E-state index contributed by atoms with van der Waals surface area (Å²) in [6.07, 6.45) is 1.39. The van der Waals surface area contributed by atoms with Gasteiger partial charge in [0.15, 0.2) is 5.13 Å². The highest BCUT2D eigenvalue weighted by Gasteiger charge is 2.21. The van der Waals surface area contributed by atoms with E-state index in [9.17, 15) is 14.0 Å². The van der Waals surface area contributed by atoms with E-state index >= 15 is 0 Å². The molecule has 0 aliphatic heterocycles. The van der Waals surface area contributed by atoms with E-state index in [2.05, 4.69) is 15.3 Å². The zero-order valence-electron chi connectivity index (χ0n) is 16.3. The lowest BCUT2D eigenvalue weighted by Crippen LogP contribution is -2.21. The van der Waals surface area contributed by atoms with Crippen LogP contribution in [0, 0.1) is 12.7 Å². The number of thiophene rings is 1. The van der Waals surface area contributed by atoms with Crippen LogP contribution in [0.25, 0.3) is 20.4 Å². The Bertz CT molecular complexity index is 1490. The second kappa shape index (κ2) is 7.68. The first-order valence-electron chi connectivity index (χ1n) is 9.40. The van der Waals surface area contributed by atoms with Crippen molar-refractivity contribution < 1.29 is 9.18 Å². The predicted molar refractivity (Wildman–Crippen MR) is 122 cm³/mol. The minimum atomic E-state index is -0.382. The quantitative estimate of drug-likeness (QED) is 0.426. The number of benzene rings is 2. The summed E-state index contributed by atoms with van der Waals surface area (Å²) in [7, 11) is 0. The number of aryl methyl sites for hydroxylation is 1. The number of carbonyl (C=O) groups is 1. The Kier molecular flexibility index (Phi) is 4.84. The number of halogens is 1. The van der Waals surface area contributed by atoms with Crippen molar-refractivity contribution in [3.63, 3.8) is 0 Å². The van der Waals surface area contributed by atoms with Gasteiger partial charge in [-0.25, -0.2) is 14.4 Å². The molecule has 3 heterocycles. The number of amides is 1. The van der Waals surface area contributed by atoms with Crippen molar-refractivity contribution in [1.82, 2.24) is 14.5 Å². The molecular weight excluding hydrogens is 435 g/mol. The van der Waals surface area contributed by atoms with Crippen LogP contribution in [-0.4, -0.2) is 20.4 Å². The van der Waals surface area contributed by atoms with Gasteiger partial charge < -0.3 is 0 Å². The van der Waals surface area contributed by atoms with Gasteiger partial charge in [0.25, 0.3) is 11.5 Å². The fraction of sp³-hybridized carbons (Fsp3) is 0.0909. The highest BCUT2D eigenvalue weighted by Crippen LogP contribution is 2.30. The number of hydrogen-bond acceptors (Lipinski definition) is 6. The van der Waals surface area contributed by atoms with Crippen molar-refractivity contribution in [3.05, 3.63) is 87.0 Å². The number of nitrogens with one attached hydrogen (secondary N) is 1. The first-order chi connectivity index (χ1) is 15.0. The molecule has 0 spiro atoms. The molecule has 0 radical (unpaired) electrons. The fourth-order valence-corrected chi connectivity index (χ4v) is 5.27. The van der Waals surface area contributed by atoms with Gasteiger partial charge in [0.1, 0.15) is 10.6 Å². The zero-order valence-corrected chi connectivity index (χ0v) is 17.9. The molecule has 2 aromatic carbocycles. The molecule has 5 aromatic rings. The summed E-state index contributed by atoms with van der Waals surface area (Å²) in [5, 5.41) is 3.69. The lowest BCUT2D eigenvalue weighted by Gasteiger charge is -2.06. The number of aromatic nitrogens is 3. The third-order valence-corrected chi connectivity index (χ3v) is 7.09. The molecule has 3 aromatic heterocycles. The van der Waals surface area contributed by atoms with Gasteiger partial charge in [0.05, 0.1) is 33.4 Å². The molecule has 31 heavy (non-hydrogen) atoms. The normalized spacial score (nSPS) is 11.3. The monoisotopic (exact) mass is 450 g/mol. The van der Waals surface area contributed by atoms with E-state index in [1.54, 1.807) is 25.1 Å². The van der Waals surface area contributed by atoms with Gasteiger partial charge in [-0.2, -0.15) is 0 Å². The number of carbonyl (C=O) groups excluding carboxylic acids is 1. The summed E-state index contributed by atoms with van der Waals surface area (Å²) in [5.41, 5.74) is 1.46. The van der Waals surface area contributed by atoms with Crippen molar-refractivity contribution in [2.75, 3.05) is 5.32 Å². The summed E-state index contributed by atoms with van der Waals surface area (Å²) in [6.45, 7) is 1.79. The molecule has 5 rings (SSSR count). The Hall–Kier alpha value is -3.43. The molecule has 0 unspecified atom stereocenters. The summed E-state index contributed by atoms with van der Waals surface area (Å²) in [5.74, 6) is -0.716. The van der Waals surface area contributed by atoms with Crippen LogP contribution in [0.3, 0.4) is 0 Å². The maximum Gasteiger partial charge on any atom is 0.267 e. The number of nitrogens with zero attached hydrogens (tertiary/aromatic N) is 3. The van der Waals surface area contributed by atoms with E-state index in [0.29, 0.717) is 31.4 Å². The lowest BCUT2D eigenvalue weighted by molar-refractivity contribution is 0.103. The van der Waals surface area contributed by atoms with Crippen LogP contribution in [0.2, 0.25) is 0 Å². The van der Waals surface area contributed by atoms with Crippen molar-refractivity contribution >= 4 is 54.1 Å². The van der Waals surface area contributed by atoms with Crippen molar-refractivity contribution in [2.24, 2.45) is 0 Å². The molecule has 0 saturated carbocycles. The fourth-order valence-electron chi connectivity index (χ4n) is 3.38. The molecule has 0 saturated heterocycles. The molecule has 0 aliphatic carbocycles. The maximum absolute atomic E-state index is 14.0. The molecule has 1 amide bonds. The summed E-state index contributed by atoms with van der Waals surface area (Å²) < 4.78 is 16.3. The topological polar surface area (TPSA) is 76.9 Å². The molecule has 6 nitrogen and oxygen atoms in total. The van der Waals surface area contributed by atoms with E-state index in [4.69, 9.17) is 0 Å². The number of thiazole rings is 1. The van der Waals surface area contributed by atoms with Gasteiger partial charge in [-0.15, -0.1) is 11.3 Å². The van der Waals surface area contributed by atoms with Crippen LogP contribution < -0.4 is 10.9 Å². The Balaban J connectivity index is 1.49. The Morgan fingerprint density at radius 3 is 2.71 bits per heavy atom. The van der Waals surface area contributed by atoms with Crippen LogP contribution in [-0.2, 0) is 6.54 Å². The standard InChI is InChI=1S/C22H15FN4O2S2/c1-12-17-20(24-11-27(21(17)29)10-13-6-2-3-7-14(13)23)31-18(12)19(28)26-22-25-15-8-4-5-9-16(15)30-22/h2-9,11H,10H2,1H3,(H,25,26,28). The van der Waals surface area contributed by atoms with Gasteiger partial charge in [-0.3, -0.25) is 19.5 Å². The molecule has 0 aliphatic rings. The number of rotatable bonds is 4. The second-order valence-electron chi connectivity index (χ2n) is 6.95. The minimum absolute atomic E-state index is 0.0664. The lowest BCUT2D eigenvalue weighted by atomic mass is 10.2. The molecule has 154 valence electrons. The van der Waals surface area contributed by atoms with Crippen LogP contribution in [0.1, 0.15) is 20.8 Å². The third kappa shape index (κ3) is 3.51. The average Bonchev–Trinajstić information content (AvgIpc) is 3.32. The molecule has 0 atom stereocenters. The largest absolute Gasteiger partial charge is 0.297 e. The zero-order chi connectivity index (χ0) is 21.5. The highest BCUT2D eigenvalue weighted by atomic mass is 32.1.